The Kier molecular flexibility index (Phi) is 13.1. The summed E-state index contributed by atoms with van der Waals surface area (Å²) in [5.41, 5.74) is 1.84. The minimum atomic E-state index is -1.29. The molecule has 12 nitrogen and oxygen atoms in total. The van der Waals surface area contributed by atoms with Gasteiger partial charge < -0.3 is 35.3 Å². The fourth-order valence-electron chi connectivity index (χ4n) is 4.19. The van der Waals surface area contributed by atoms with E-state index in [2.05, 4.69) is 16.0 Å². The van der Waals surface area contributed by atoms with Crippen molar-refractivity contribution >= 4 is 30.0 Å². The molecule has 3 aromatic carbocycles. The predicted molar refractivity (Wildman–Crippen MR) is 167 cm³/mol. The molecule has 0 saturated carbocycles. The van der Waals surface area contributed by atoms with Crippen LogP contribution in [-0.4, -0.2) is 59.4 Å². The van der Waals surface area contributed by atoms with Crippen LogP contribution in [0.3, 0.4) is 0 Å². The van der Waals surface area contributed by atoms with Crippen molar-refractivity contribution in [2.45, 2.75) is 64.5 Å². The molecule has 3 rings (SSSR count). The number of benzene rings is 3. The molecule has 0 unspecified atom stereocenters. The Morgan fingerprint density at radius 1 is 0.674 bits per heavy atom. The van der Waals surface area contributed by atoms with Crippen molar-refractivity contribution in [2.75, 3.05) is 6.54 Å². The van der Waals surface area contributed by atoms with E-state index in [-0.39, 0.29) is 26.1 Å². The number of carboxylic acids is 1. The summed E-state index contributed by atoms with van der Waals surface area (Å²) in [4.78, 5) is 62.2. The molecule has 0 aromatic heterocycles. The van der Waals surface area contributed by atoms with Crippen molar-refractivity contribution in [1.29, 1.82) is 0 Å². The van der Waals surface area contributed by atoms with Crippen molar-refractivity contribution < 1.29 is 43.3 Å². The van der Waals surface area contributed by atoms with E-state index >= 15 is 0 Å². The fraction of sp³-hybridized carbons (Fsp3) is 0.324. The second-order valence-corrected chi connectivity index (χ2v) is 11.4. The van der Waals surface area contributed by atoms with Crippen molar-refractivity contribution in [3.63, 3.8) is 0 Å². The van der Waals surface area contributed by atoms with Gasteiger partial charge in [0.25, 0.3) is 0 Å². The normalized spacial score (nSPS) is 12.2. The van der Waals surface area contributed by atoms with Crippen LogP contribution in [0.2, 0.25) is 0 Å². The molecule has 0 bridgehead atoms. The highest BCUT2D eigenvalue weighted by molar-refractivity contribution is 5.88. The summed E-state index contributed by atoms with van der Waals surface area (Å²) < 4.78 is 15.7. The molecule has 2 atom stereocenters. The monoisotopic (exact) mass is 633 g/mol. The van der Waals surface area contributed by atoms with E-state index in [0.29, 0.717) is 11.1 Å². The second kappa shape index (κ2) is 17.2. The van der Waals surface area contributed by atoms with Crippen molar-refractivity contribution in [1.82, 2.24) is 16.0 Å². The highest BCUT2D eigenvalue weighted by atomic mass is 16.6. The van der Waals surface area contributed by atoms with E-state index in [4.69, 9.17) is 14.2 Å². The highest BCUT2D eigenvalue weighted by Crippen LogP contribution is 2.13. The van der Waals surface area contributed by atoms with E-state index in [9.17, 15) is 29.1 Å². The third kappa shape index (κ3) is 13.1. The molecule has 0 aliphatic heterocycles. The summed E-state index contributed by atoms with van der Waals surface area (Å²) in [6, 6.07) is 22.3. The standard InChI is InChI=1S/C34H39N3O9/c1-34(2,3)46-33(43)36-27(30(39)35-20-29(38)44-21-23-11-6-4-7-12-23)18-25-15-10-16-26(17-25)19-28(31(40)41)37-32(42)45-22-24-13-8-5-9-14-24/h4-17,27-28H,18-22H2,1-3H3,(H,35,39)(H,36,43)(H,37,42)(H,40,41)/t27-,28-/m0/s1. The minimum absolute atomic E-state index is 0.0116. The number of carbonyl (C=O) groups is 5. The van der Waals surface area contributed by atoms with Gasteiger partial charge in [0.1, 0.15) is 37.4 Å². The van der Waals surface area contributed by atoms with Crippen LogP contribution in [0.15, 0.2) is 84.9 Å². The maximum absolute atomic E-state index is 13.1. The van der Waals surface area contributed by atoms with Gasteiger partial charge in [0, 0.05) is 12.8 Å². The molecule has 46 heavy (non-hydrogen) atoms. The number of carboxylic acid groups (broad SMARTS) is 1. The molecule has 0 saturated heterocycles. The average molecular weight is 634 g/mol. The molecule has 244 valence electrons. The van der Waals surface area contributed by atoms with E-state index in [0.717, 1.165) is 11.1 Å². The first kappa shape index (κ1) is 35.1. The number of esters is 1. The zero-order valence-electron chi connectivity index (χ0n) is 26.0. The third-order valence-electron chi connectivity index (χ3n) is 6.33. The minimum Gasteiger partial charge on any atom is -0.480 e. The number of hydrogen-bond donors (Lipinski definition) is 4. The van der Waals surface area contributed by atoms with Crippen LogP contribution in [0.25, 0.3) is 0 Å². The number of rotatable bonds is 14. The summed E-state index contributed by atoms with van der Waals surface area (Å²) in [7, 11) is 0. The van der Waals surface area contributed by atoms with E-state index in [1.165, 1.54) is 0 Å². The van der Waals surface area contributed by atoms with E-state index in [1.807, 2.05) is 24.3 Å². The van der Waals surface area contributed by atoms with Crippen LogP contribution in [0.1, 0.15) is 43.0 Å². The lowest BCUT2D eigenvalue weighted by molar-refractivity contribution is -0.145. The van der Waals surface area contributed by atoms with Gasteiger partial charge in [-0.15, -0.1) is 0 Å². The van der Waals surface area contributed by atoms with Crippen molar-refractivity contribution in [3.05, 3.63) is 107 Å². The topological polar surface area (TPSA) is 169 Å². The lowest BCUT2D eigenvalue weighted by atomic mass is 9.99. The molecule has 0 aliphatic carbocycles. The molecular weight excluding hydrogens is 594 g/mol. The van der Waals surface area contributed by atoms with Crippen LogP contribution in [0.5, 0.6) is 0 Å². The molecular formula is C34H39N3O9. The lowest BCUT2D eigenvalue weighted by Crippen LogP contribution is -2.50. The summed E-state index contributed by atoms with van der Waals surface area (Å²) in [6.07, 6.45) is -1.80. The maximum Gasteiger partial charge on any atom is 0.408 e. The zero-order chi connectivity index (χ0) is 33.5. The smallest absolute Gasteiger partial charge is 0.408 e. The molecule has 0 aliphatic rings. The van der Waals surface area contributed by atoms with Crippen LogP contribution in [0.4, 0.5) is 9.59 Å². The second-order valence-electron chi connectivity index (χ2n) is 11.4. The van der Waals surface area contributed by atoms with Crippen molar-refractivity contribution in [2.24, 2.45) is 0 Å². The van der Waals surface area contributed by atoms with Gasteiger partial charge in [-0.25, -0.2) is 14.4 Å². The largest absolute Gasteiger partial charge is 0.480 e. The molecule has 0 fully saturated rings. The highest BCUT2D eigenvalue weighted by Gasteiger charge is 2.26. The van der Waals surface area contributed by atoms with Crippen molar-refractivity contribution in [3.8, 4) is 0 Å². The van der Waals surface area contributed by atoms with Gasteiger partial charge in [0.15, 0.2) is 0 Å². The van der Waals surface area contributed by atoms with E-state index < -0.39 is 54.3 Å². The van der Waals surface area contributed by atoms with Gasteiger partial charge in [0.05, 0.1) is 0 Å². The molecule has 4 N–H and O–H groups in total. The molecule has 12 heteroatoms. The maximum atomic E-state index is 13.1. The van der Waals surface area contributed by atoms with Gasteiger partial charge in [-0.05, 0) is 43.0 Å². The Bertz CT molecular complexity index is 1470. The molecule has 0 heterocycles. The summed E-state index contributed by atoms with van der Waals surface area (Å²) in [5, 5.41) is 17.1. The number of nitrogens with one attached hydrogen (secondary N) is 3. The van der Waals surface area contributed by atoms with Gasteiger partial charge in [0.2, 0.25) is 5.91 Å². The first-order chi connectivity index (χ1) is 21.9. The lowest BCUT2D eigenvalue weighted by Gasteiger charge is -2.23. The molecule has 0 spiro atoms. The number of aliphatic carboxylic acids is 1. The quantitative estimate of drug-likeness (QED) is 0.152. The Hall–Kier alpha value is -5.39. The number of amides is 3. The van der Waals surface area contributed by atoms with Gasteiger partial charge in [-0.3, -0.25) is 9.59 Å². The van der Waals surface area contributed by atoms with Gasteiger partial charge >= 0.3 is 24.1 Å². The molecule has 3 amide bonds. The van der Waals surface area contributed by atoms with Crippen LogP contribution < -0.4 is 16.0 Å². The van der Waals surface area contributed by atoms with Gasteiger partial charge in [-0.1, -0.05) is 84.9 Å². The van der Waals surface area contributed by atoms with Crippen LogP contribution in [0, 0.1) is 0 Å². The Labute approximate surface area is 267 Å². The Morgan fingerprint density at radius 3 is 1.72 bits per heavy atom. The summed E-state index contributed by atoms with van der Waals surface area (Å²) >= 11 is 0. The third-order valence-corrected chi connectivity index (χ3v) is 6.33. The summed E-state index contributed by atoms with van der Waals surface area (Å²) in [6.45, 7) is 4.63. The molecule has 0 radical (unpaired) electrons. The number of ether oxygens (including phenoxy) is 3. The Morgan fingerprint density at radius 2 is 1.17 bits per heavy atom. The number of alkyl carbamates (subject to hydrolysis) is 2. The predicted octanol–water partition coefficient (Wildman–Crippen LogP) is 3.90. The average Bonchev–Trinajstić information content (AvgIpc) is 3.01. The fourth-order valence-corrected chi connectivity index (χ4v) is 4.19. The first-order valence-electron chi connectivity index (χ1n) is 14.6. The van der Waals surface area contributed by atoms with Crippen LogP contribution >= 0.6 is 0 Å². The zero-order valence-corrected chi connectivity index (χ0v) is 26.0. The van der Waals surface area contributed by atoms with Crippen LogP contribution in [-0.2, 0) is 54.6 Å². The summed E-state index contributed by atoms with van der Waals surface area (Å²) in [5.74, 6) is -2.58. The number of hydrogen-bond acceptors (Lipinski definition) is 8. The SMILES string of the molecule is CC(C)(C)OC(=O)N[C@@H](Cc1cccc(C[C@H](NC(=O)OCc2ccccc2)C(=O)O)c1)C(=O)NCC(=O)OCc1ccccc1. The van der Waals surface area contributed by atoms with Gasteiger partial charge in [-0.2, -0.15) is 0 Å². The molecule has 3 aromatic rings. The Balaban J connectivity index is 1.63. The number of carbonyl (C=O) groups excluding carboxylic acids is 4. The first-order valence-corrected chi connectivity index (χ1v) is 14.6. The van der Waals surface area contributed by atoms with E-state index in [1.54, 1.807) is 81.4 Å².